The van der Waals surface area contributed by atoms with E-state index in [1.807, 2.05) is 39.0 Å². The number of ether oxygens (including phenoxy) is 3. The van der Waals surface area contributed by atoms with Crippen LogP contribution in [0.4, 0.5) is 5.69 Å². The number of benzene rings is 2. The Morgan fingerprint density at radius 3 is 2.71 bits per heavy atom. The highest BCUT2D eigenvalue weighted by Crippen LogP contribution is 2.38. The number of fused-ring (bicyclic) bond motifs is 1. The normalized spacial score (nSPS) is 15.1. The lowest BCUT2D eigenvalue weighted by Gasteiger charge is -2.16. The Labute approximate surface area is 167 Å². The molecule has 0 bridgehead atoms. The van der Waals surface area contributed by atoms with Crippen LogP contribution in [0.5, 0.6) is 17.2 Å². The van der Waals surface area contributed by atoms with Gasteiger partial charge in [-0.05, 0) is 49.9 Å². The second kappa shape index (κ2) is 8.55. The Hall–Kier alpha value is -2.69. The molecule has 3 rings (SSSR count). The summed E-state index contributed by atoms with van der Waals surface area (Å²) in [6.45, 7) is 10.6. The molecular weight excluding hydrogens is 354 g/mol. The Bertz CT molecular complexity index is 860. The van der Waals surface area contributed by atoms with Gasteiger partial charge < -0.3 is 19.5 Å². The van der Waals surface area contributed by atoms with E-state index >= 15 is 0 Å². The summed E-state index contributed by atoms with van der Waals surface area (Å²) in [5, 5.41) is 2.90. The van der Waals surface area contributed by atoms with Gasteiger partial charge in [0, 0.05) is 18.1 Å². The average Bonchev–Trinajstić information content (AvgIpc) is 2.99. The van der Waals surface area contributed by atoms with Gasteiger partial charge >= 0.3 is 0 Å². The number of hydrogen-bond acceptors (Lipinski definition) is 4. The van der Waals surface area contributed by atoms with Crippen LogP contribution in [-0.2, 0) is 11.2 Å². The van der Waals surface area contributed by atoms with E-state index in [4.69, 9.17) is 14.2 Å². The zero-order chi connectivity index (χ0) is 20.3. The van der Waals surface area contributed by atoms with Crippen molar-refractivity contribution < 1.29 is 19.0 Å². The number of nitrogens with one attached hydrogen (secondary N) is 1. The van der Waals surface area contributed by atoms with Crippen LogP contribution in [-0.4, -0.2) is 25.2 Å². The van der Waals surface area contributed by atoms with Crippen LogP contribution in [0.15, 0.2) is 30.3 Å². The molecule has 1 amide bonds. The first-order valence-corrected chi connectivity index (χ1v) is 9.87. The molecule has 1 aliphatic rings. The van der Waals surface area contributed by atoms with Crippen molar-refractivity contribution >= 4 is 11.6 Å². The summed E-state index contributed by atoms with van der Waals surface area (Å²) in [7, 11) is 0. The van der Waals surface area contributed by atoms with Gasteiger partial charge in [0.15, 0.2) is 6.61 Å². The van der Waals surface area contributed by atoms with Gasteiger partial charge in [-0.3, -0.25) is 4.79 Å². The molecule has 28 heavy (non-hydrogen) atoms. The molecule has 0 saturated carbocycles. The molecular formula is C23H29NO4. The van der Waals surface area contributed by atoms with Gasteiger partial charge in [0.1, 0.15) is 23.4 Å². The molecule has 1 atom stereocenters. The fourth-order valence-electron chi connectivity index (χ4n) is 3.39. The first-order valence-electron chi connectivity index (χ1n) is 9.87. The van der Waals surface area contributed by atoms with E-state index in [-0.39, 0.29) is 18.6 Å². The highest BCUT2D eigenvalue weighted by atomic mass is 16.5. The van der Waals surface area contributed by atoms with Crippen LogP contribution in [0, 0.1) is 6.92 Å². The molecule has 1 N–H and O–H groups in total. The summed E-state index contributed by atoms with van der Waals surface area (Å²) in [5.41, 5.74) is 3.90. The summed E-state index contributed by atoms with van der Waals surface area (Å²) in [5.74, 6) is 2.29. The fourth-order valence-corrected chi connectivity index (χ4v) is 3.39. The highest BCUT2D eigenvalue weighted by molar-refractivity contribution is 5.93. The Balaban J connectivity index is 1.72. The summed E-state index contributed by atoms with van der Waals surface area (Å²) in [6.07, 6.45) is 0.979. The summed E-state index contributed by atoms with van der Waals surface area (Å²) >= 11 is 0. The Morgan fingerprint density at radius 2 is 2.00 bits per heavy atom. The third-order valence-corrected chi connectivity index (χ3v) is 4.72. The molecule has 0 radical (unpaired) electrons. The van der Waals surface area contributed by atoms with Gasteiger partial charge in [-0.15, -0.1) is 0 Å². The van der Waals surface area contributed by atoms with E-state index < -0.39 is 0 Å². The maximum atomic E-state index is 12.5. The average molecular weight is 383 g/mol. The maximum absolute atomic E-state index is 12.5. The van der Waals surface area contributed by atoms with E-state index in [2.05, 4.69) is 31.3 Å². The predicted molar refractivity (Wildman–Crippen MR) is 111 cm³/mol. The molecule has 1 heterocycles. The zero-order valence-electron chi connectivity index (χ0n) is 17.3. The van der Waals surface area contributed by atoms with Gasteiger partial charge in [-0.2, -0.15) is 0 Å². The second-order valence-corrected chi connectivity index (χ2v) is 7.55. The van der Waals surface area contributed by atoms with E-state index in [9.17, 15) is 4.79 Å². The molecule has 2 aromatic carbocycles. The number of hydrogen-bond donors (Lipinski definition) is 1. The Kier molecular flexibility index (Phi) is 6.12. The minimum atomic E-state index is -0.233. The van der Waals surface area contributed by atoms with Gasteiger partial charge in [-0.25, -0.2) is 0 Å². The molecule has 0 unspecified atom stereocenters. The number of carbonyl (C=O) groups is 1. The molecule has 0 saturated heterocycles. The SMILES string of the molecule is CCOc1cc2c(cc1NC(=O)COc1cc(C)ccc1C(C)C)O[C@@H](C)C2. The molecule has 5 nitrogen and oxygen atoms in total. The smallest absolute Gasteiger partial charge is 0.262 e. The molecule has 0 fully saturated rings. The van der Waals surface area contributed by atoms with Crippen molar-refractivity contribution in [3.05, 3.63) is 47.0 Å². The minimum Gasteiger partial charge on any atom is -0.492 e. The zero-order valence-corrected chi connectivity index (χ0v) is 17.3. The van der Waals surface area contributed by atoms with Crippen molar-refractivity contribution in [1.82, 2.24) is 0 Å². The van der Waals surface area contributed by atoms with Crippen molar-refractivity contribution in [3.8, 4) is 17.2 Å². The van der Waals surface area contributed by atoms with Gasteiger partial charge in [-0.1, -0.05) is 26.0 Å². The number of amides is 1. The van der Waals surface area contributed by atoms with Crippen LogP contribution in [0.3, 0.4) is 0 Å². The van der Waals surface area contributed by atoms with Crippen LogP contribution < -0.4 is 19.5 Å². The van der Waals surface area contributed by atoms with Crippen LogP contribution in [0.25, 0.3) is 0 Å². The van der Waals surface area contributed by atoms with Crippen molar-refractivity contribution in [3.63, 3.8) is 0 Å². The van der Waals surface area contributed by atoms with Crippen molar-refractivity contribution in [2.75, 3.05) is 18.5 Å². The Morgan fingerprint density at radius 1 is 1.21 bits per heavy atom. The number of rotatable bonds is 7. The van der Waals surface area contributed by atoms with E-state index in [1.54, 1.807) is 0 Å². The van der Waals surface area contributed by atoms with Gasteiger partial charge in [0.05, 0.1) is 12.3 Å². The van der Waals surface area contributed by atoms with E-state index in [1.165, 1.54) is 0 Å². The third kappa shape index (κ3) is 4.58. The fraction of sp³-hybridized carbons (Fsp3) is 0.435. The van der Waals surface area contributed by atoms with Crippen molar-refractivity contribution in [1.29, 1.82) is 0 Å². The molecule has 0 aromatic heterocycles. The van der Waals surface area contributed by atoms with Gasteiger partial charge in [0.2, 0.25) is 0 Å². The predicted octanol–water partition coefficient (Wildman–Crippen LogP) is 4.86. The van der Waals surface area contributed by atoms with E-state index in [0.717, 1.165) is 34.6 Å². The third-order valence-electron chi connectivity index (χ3n) is 4.72. The monoisotopic (exact) mass is 383 g/mol. The first-order chi connectivity index (χ1) is 13.4. The molecule has 5 heteroatoms. The van der Waals surface area contributed by atoms with Crippen molar-refractivity contribution in [2.45, 2.75) is 53.1 Å². The van der Waals surface area contributed by atoms with Crippen LogP contribution in [0.1, 0.15) is 50.3 Å². The molecule has 2 aromatic rings. The lowest BCUT2D eigenvalue weighted by Crippen LogP contribution is -2.21. The largest absolute Gasteiger partial charge is 0.492 e. The van der Waals surface area contributed by atoms with E-state index in [0.29, 0.717) is 24.0 Å². The lowest BCUT2D eigenvalue weighted by atomic mass is 10.0. The van der Waals surface area contributed by atoms with Gasteiger partial charge in [0.25, 0.3) is 5.91 Å². The molecule has 1 aliphatic heterocycles. The highest BCUT2D eigenvalue weighted by Gasteiger charge is 2.22. The summed E-state index contributed by atoms with van der Waals surface area (Å²) < 4.78 is 17.4. The number of carbonyl (C=O) groups excluding carboxylic acids is 1. The standard InChI is InChI=1S/C23H29NO4/c1-6-26-22-11-17-10-16(5)28-20(17)12-19(22)24-23(25)13-27-21-9-15(4)7-8-18(21)14(2)3/h7-9,11-12,14,16H,6,10,13H2,1-5H3,(H,24,25)/t16-/m0/s1. The molecule has 0 spiro atoms. The molecule has 0 aliphatic carbocycles. The lowest BCUT2D eigenvalue weighted by molar-refractivity contribution is -0.118. The minimum absolute atomic E-state index is 0.0664. The summed E-state index contributed by atoms with van der Waals surface area (Å²) in [4.78, 5) is 12.5. The maximum Gasteiger partial charge on any atom is 0.262 e. The van der Waals surface area contributed by atoms with Crippen LogP contribution in [0.2, 0.25) is 0 Å². The first kappa shape index (κ1) is 20.1. The topological polar surface area (TPSA) is 56.8 Å². The number of anilines is 1. The summed E-state index contributed by atoms with van der Waals surface area (Å²) in [6, 6.07) is 9.88. The van der Waals surface area contributed by atoms with Crippen LogP contribution >= 0.6 is 0 Å². The van der Waals surface area contributed by atoms with Crippen molar-refractivity contribution in [2.24, 2.45) is 0 Å². The molecule has 150 valence electrons. The quantitative estimate of drug-likeness (QED) is 0.742. The number of aryl methyl sites for hydroxylation is 1. The second-order valence-electron chi connectivity index (χ2n) is 7.55.